The van der Waals surface area contributed by atoms with Crippen molar-refractivity contribution in [2.75, 3.05) is 0 Å². The average Bonchev–Trinajstić information content (AvgIpc) is 2.29. The molecule has 0 aliphatic heterocycles. The number of benzene rings is 1. The molecule has 100 valence electrons. The van der Waals surface area contributed by atoms with Gasteiger partial charge in [-0.3, -0.25) is 4.79 Å². The third-order valence-corrected chi connectivity index (χ3v) is 3.91. The molecule has 2 N–H and O–H groups in total. The van der Waals surface area contributed by atoms with Crippen LogP contribution in [0.2, 0.25) is 0 Å². The standard InChI is InChI=1S/C14H19BrO3/c1-4-14(13(17)18,8-9(2)3)10-5-6-12(16)11(15)7-10/h5-7,9,16H,4,8H2,1-3H3,(H,17,18). The summed E-state index contributed by atoms with van der Waals surface area (Å²) in [5.41, 5.74) is -0.152. The summed E-state index contributed by atoms with van der Waals surface area (Å²) in [5.74, 6) is -0.399. The molecule has 0 amide bonds. The van der Waals surface area contributed by atoms with Crippen molar-refractivity contribution in [3.8, 4) is 5.75 Å². The van der Waals surface area contributed by atoms with Gasteiger partial charge in [-0.25, -0.2) is 0 Å². The molecule has 1 unspecified atom stereocenters. The van der Waals surface area contributed by atoms with Crippen LogP contribution in [0.3, 0.4) is 0 Å². The molecule has 0 saturated heterocycles. The molecule has 1 atom stereocenters. The van der Waals surface area contributed by atoms with E-state index in [9.17, 15) is 15.0 Å². The van der Waals surface area contributed by atoms with E-state index in [0.29, 0.717) is 17.3 Å². The summed E-state index contributed by atoms with van der Waals surface area (Å²) in [5, 5.41) is 19.1. The molecular formula is C14H19BrO3. The van der Waals surface area contributed by atoms with Gasteiger partial charge in [0.15, 0.2) is 0 Å². The predicted octanol–water partition coefficient (Wildman–Crippen LogP) is 3.93. The summed E-state index contributed by atoms with van der Waals surface area (Å²) in [6, 6.07) is 4.93. The van der Waals surface area contributed by atoms with E-state index < -0.39 is 11.4 Å². The Kier molecular flexibility index (Phi) is 4.79. The molecule has 4 heteroatoms. The summed E-state index contributed by atoms with van der Waals surface area (Å²) in [6.45, 7) is 5.92. The van der Waals surface area contributed by atoms with Crippen LogP contribution in [0.1, 0.15) is 39.2 Å². The van der Waals surface area contributed by atoms with Crippen molar-refractivity contribution in [2.45, 2.75) is 39.0 Å². The first-order valence-electron chi connectivity index (χ1n) is 6.06. The van der Waals surface area contributed by atoms with Crippen molar-refractivity contribution in [3.05, 3.63) is 28.2 Å². The van der Waals surface area contributed by atoms with Gasteiger partial charge in [0.2, 0.25) is 0 Å². The van der Waals surface area contributed by atoms with E-state index in [1.54, 1.807) is 12.1 Å². The van der Waals surface area contributed by atoms with Crippen LogP contribution in [0.5, 0.6) is 5.75 Å². The monoisotopic (exact) mass is 314 g/mol. The zero-order valence-electron chi connectivity index (χ0n) is 10.9. The highest BCUT2D eigenvalue weighted by Crippen LogP contribution is 2.38. The number of aliphatic carboxylic acids is 1. The summed E-state index contributed by atoms with van der Waals surface area (Å²) in [7, 11) is 0. The van der Waals surface area contributed by atoms with Crippen LogP contribution in [0, 0.1) is 5.92 Å². The van der Waals surface area contributed by atoms with E-state index in [4.69, 9.17) is 0 Å². The number of halogens is 1. The van der Waals surface area contributed by atoms with E-state index in [1.165, 1.54) is 6.07 Å². The van der Waals surface area contributed by atoms with Crippen LogP contribution in [0.15, 0.2) is 22.7 Å². The summed E-state index contributed by atoms with van der Waals surface area (Å²) in [6.07, 6.45) is 1.10. The van der Waals surface area contributed by atoms with Gasteiger partial charge in [-0.1, -0.05) is 26.8 Å². The normalized spacial score (nSPS) is 14.5. The lowest BCUT2D eigenvalue weighted by molar-refractivity contribution is -0.144. The zero-order valence-corrected chi connectivity index (χ0v) is 12.5. The molecule has 0 heterocycles. The van der Waals surface area contributed by atoms with Crippen molar-refractivity contribution in [1.29, 1.82) is 0 Å². The van der Waals surface area contributed by atoms with Gasteiger partial charge in [0, 0.05) is 0 Å². The highest BCUT2D eigenvalue weighted by molar-refractivity contribution is 9.10. The molecule has 18 heavy (non-hydrogen) atoms. The first kappa shape index (κ1) is 15.0. The number of phenols is 1. The minimum atomic E-state index is -0.885. The smallest absolute Gasteiger partial charge is 0.314 e. The fraction of sp³-hybridized carbons (Fsp3) is 0.500. The lowest BCUT2D eigenvalue weighted by Crippen LogP contribution is -2.36. The Labute approximate surface area is 116 Å². The van der Waals surface area contributed by atoms with Crippen LogP contribution in [-0.4, -0.2) is 16.2 Å². The number of rotatable bonds is 5. The quantitative estimate of drug-likeness (QED) is 0.865. The van der Waals surface area contributed by atoms with Gasteiger partial charge in [-0.2, -0.15) is 0 Å². The van der Waals surface area contributed by atoms with E-state index >= 15 is 0 Å². The van der Waals surface area contributed by atoms with E-state index in [1.807, 2.05) is 20.8 Å². The summed E-state index contributed by atoms with van der Waals surface area (Å²) < 4.78 is 0.530. The number of carboxylic acid groups (broad SMARTS) is 1. The Bertz CT molecular complexity index is 443. The Balaban J connectivity index is 3.32. The maximum absolute atomic E-state index is 11.7. The molecule has 0 fully saturated rings. The van der Waals surface area contributed by atoms with Gasteiger partial charge in [0.1, 0.15) is 5.75 Å². The molecule has 0 bridgehead atoms. The molecule has 0 aliphatic carbocycles. The van der Waals surface area contributed by atoms with Crippen molar-refractivity contribution in [2.24, 2.45) is 5.92 Å². The minimum Gasteiger partial charge on any atom is -0.507 e. The Hall–Kier alpha value is -1.03. The second-order valence-electron chi connectivity index (χ2n) is 5.00. The molecule has 0 aromatic heterocycles. The van der Waals surface area contributed by atoms with Crippen molar-refractivity contribution in [1.82, 2.24) is 0 Å². The average molecular weight is 315 g/mol. The van der Waals surface area contributed by atoms with E-state index in [2.05, 4.69) is 15.9 Å². The number of phenolic OH excluding ortho intramolecular Hbond substituents is 1. The van der Waals surface area contributed by atoms with Gasteiger partial charge >= 0.3 is 5.97 Å². The number of hydrogen-bond donors (Lipinski definition) is 2. The highest BCUT2D eigenvalue weighted by atomic mass is 79.9. The lowest BCUT2D eigenvalue weighted by atomic mass is 9.72. The molecule has 0 radical (unpaired) electrons. The minimum absolute atomic E-state index is 0.124. The molecule has 0 spiro atoms. The fourth-order valence-corrected chi connectivity index (χ4v) is 2.71. The van der Waals surface area contributed by atoms with Crippen LogP contribution in [0.4, 0.5) is 0 Å². The third-order valence-electron chi connectivity index (χ3n) is 3.27. The molecule has 0 saturated carbocycles. The number of hydrogen-bond acceptors (Lipinski definition) is 2. The maximum Gasteiger partial charge on any atom is 0.314 e. The second kappa shape index (κ2) is 5.74. The SMILES string of the molecule is CCC(CC(C)C)(C(=O)O)c1ccc(O)c(Br)c1. The van der Waals surface area contributed by atoms with E-state index in [0.717, 1.165) is 5.56 Å². The van der Waals surface area contributed by atoms with Gasteiger partial charge in [-0.15, -0.1) is 0 Å². The molecule has 1 aromatic rings. The van der Waals surface area contributed by atoms with Gasteiger partial charge in [0.25, 0.3) is 0 Å². The fourth-order valence-electron chi connectivity index (χ4n) is 2.33. The number of carboxylic acids is 1. The van der Waals surface area contributed by atoms with Crippen molar-refractivity contribution in [3.63, 3.8) is 0 Å². The largest absolute Gasteiger partial charge is 0.507 e. The molecule has 3 nitrogen and oxygen atoms in total. The first-order valence-corrected chi connectivity index (χ1v) is 6.85. The van der Waals surface area contributed by atoms with Crippen LogP contribution >= 0.6 is 15.9 Å². The number of carbonyl (C=O) groups is 1. The van der Waals surface area contributed by atoms with Crippen LogP contribution in [-0.2, 0) is 10.2 Å². The molecule has 1 aromatic carbocycles. The van der Waals surface area contributed by atoms with Crippen LogP contribution < -0.4 is 0 Å². The molecular weight excluding hydrogens is 296 g/mol. The van der Waals surface area contributed by atoms with Gasteiger partial charge in [-0.05, 0) is 52.4 Å². The maximum atomic E-state index is 11.7. The van der Waals surface area contributed by atoms with Crippen LogP contribution in [0.25, 0.3) is 0 Å². The third kappa shape index (κ3) is 2.86. The Morgan fingerprint density at radius 3 is 2.44 bits per heavy atom. The first-order chi connectivity index (χ1) is 8.33. The summed E-state index contributed by atoms with van der Waals surface area (Å²) >= 11 is 3.24. The topological polar surface area (TPSA) is 57.5 Å². The van der Waals surface area contributed by atoms with Gasteiger partial charge in [0.05, 0.1) is 9.89 Å². The molecule has 0 aliphatic rings. The zero-order chi connectivity index (χ0) is 13.9. The van der Waals surface area contributed by atoms with Crippen molar-refractivity contribution >= 4 is 21.9 Å². The summed E-state index contributed by atoms with van der Waals surface area (Å²) in [4.78, 5) is 11.7. The highest BCUT2D eigenvalue weighted by Gasteiger charge is 2.39. The predicted molar refractivity (Wildman–Crippen MR) is 74.9 cm³/mol. The number of aromatic hydroxyl groups is 1. The Morgan fingerprint density at radius 2 is 2.06 bits per heavy atom. The van der Waals surface area contributed by atoms with Crippen molar-refractivity contribution < 1.29 is 15.0 Å². The van der Waals surface area contributed by atoms with Gasteiger partial charge < -0.3 is 10.2 Å². The van der Waals surface area contributed by atoms with E-state index in [-0.39, 0.29) is 11.7 Å². The second-order valence-corrected chi connectivity index (χ2v) is 5.86. The lowest BCUT2D eigenvalue weighted by Gasteiger charge is -2.30. The Morgan fingerprint density at radius 1 is 1.44 bits per heavy atom. The molecule has 1 rings (SSSR count).